The van der Waals surface area contributed by atoms with E-state index in [0.717, 1.165) is 0 Å². The fourth-order valence-corrected chi connectivity index (χ4v) is 1.88. The Kier molecular flexibility index (Phi) is 7.59. The van der Waals surface area contributed by atoms with Gasteiger partial charge in [-0.2, -0.15) is 0 Å². The molecule has 0 atom stereocenters. The van der Waals surface area contributed by atoms with Gasteiger partial charge in [0, 0.05) is 12.2 Å². The highest BCUT2D eigenvalue weighted by atomic mass is 16.6. The molecule has 0 unspecified atom stereocenters. The standard InChI is InChI=1S/C16H21NO6/c1-3-22-15(20)13(16(21)23-4-2)10-17-12-7-5-11(6-8-12)9-14(18)19/h5-8,13,17H,3-4,9-10H2,1-2H3,(H,18,19). The number of ether oxygens (including phenoxy) is 2. The first kappa shape index (κ1) is 18.5. The molecular formula is C16H21NO6. The predicted octanol–water partition coefficient (Wildman–Crippen LogP) is 1.47. The molecular weight excluding hydrogens is 302 g/mol. The zero-order valence-corrected chi connectivity index (χ0v) is 13.2. The van der Waals surface area contributed by atoms with Crippen LogP contribution in [-0.4, -0.2) is 42.8 Å². The van der Waals surface area contributed by atoms with Crippen LogP contribution in [0.25, 0.3) is 0 Å². The fourth-order valence-electron chi connectivity index (χ4n) is 1.88. The number of aliphatic carboxylic acids is 1. The van der Waals surface area contributed by atoms with Crippen molar-refractivity contribution in [2.75, 3.05) is 25.1 Å². The highest BCUT2D eigenvalue weighted by Gasteiger charge is 2.29. The monoisotopic (exact) mass is 323 g/mol. The quantitative estimate of drug-likeness (QED) is 0.524. The molecule has 0 heterocycles. The van der Waals surface area contributed by atoms with Crippen LogP contribution in [0, 0.1) is 5.92 Å². The maximum atomic E-state index is 11.8. The number of carboxylic acid groups (broad SMARTS) is 1. The molecule has 0 fully saturated rings. The number of hydrogen-bond acceptors (Lipinski definition) is 6. The summed E-state index contributed by atoms with van der Waals surface area (Å²) < 4.78 is 9.76. The van der Waals surface area contributed by atoms with Crippen LogP contribution >= 0.6 is 0 Å². The van der Waals surface area contributed by atoms with Gasteiger partial charge in [0.15, 0.2) is 5.92 Å². The minimum Gasteiger partial charge on any atom is -0.481 e. The van der Waals surface area contributed by atoms with Crippen LogP contribution in [0.15, 0.2) is 24.3 Å². The largest absolute Gasteiger partial charge is 0.481 e. The number of anilines is 1. The molecule has 0 bridgehead atoms. The van der Waals surface area contributed by atoms with E-state index in [0.29, 0.717) is 11.3 Å². The van der Waals surface area contributed by atoms with Crippen LogP contribution in [0.1, 0.15) is 19.4 Å². The minimum absolute atomic E-state index is 0.0376. The Morgan fingerprint density at radius 3 is 2.00 bits per heavy atom. The van der Waals surface area contributed by atoms with Crippen LogP contribution in [0.4, 0.5) is 5.69 Å². The van der Waals surface area contributed by atoms with Gasteiger partial charge in [0.2, 0.25) is 0 Å². The molecule has 1 aromatic carbocycles. The Balaban J connectivity index is 2.67. The highest BCUT2D eigenvalue weighted by Crippen LogP contribution is 2.12. The zero-order chi connectivity index (χ0) is 17.2. The number of hydrogen-bond donors (Lipinski definition) is 2. The van der Waals surface area contributed by atoms with E-state index >= 15 is 0 Å². The smallest absolute Gasteiger partial charge is 0.322 e. The molecule has 0 spiro atoms. The Morgan fingerprint density at radius 1 is 1.04 bits per heavy atom. The topological polar surface area (TPSA) is 102 Å². The summed E-state index contributed by atoms with van der Waals surface area (Å²) in [5, 5.41) is 11.7. The summed E-state index contributed by atoms with van der Waals surface area (Å²) in [6.45, 7) is 3.72. The third kappa shape index (κ3) is 6.37. The lowest BCUT2D eigenvalue weighted by Gasteiger charge is -2.15. The molecule has 1 rings (SSSR count). The van der Waals surface area contributed by atoms with Crippen LogP contribution in [0.2, 0.25) is 0 Å². The van der Waals surface area contributed by atoms with Crippen molar-refractivity contribution < 1.29 is 29.0 Å². The second-order valence-corrected chi connectivity index (χ2v) is 4.71. The van der Waals surface area contributed by atoms with E-state index in [9.17, 15) is 14.4 Å². The number of carbonyl (C=O) groups excluding carboxylic acids is 2. The third-order valence-electron chi connectivity index (χ3n) is 2.96. The Hall–Kier alpha value is -2.57. The van der Waals surface area contributed by atoms with Gasteiger partial charge in [0.25, 0.3) is 0 Å². The number of nitrogens with one attached hydrogen (secondary N) is 1. The van der Waals surface area contributed by atoms with E-state index in [1.54, 1.807) is 38.1 Å². The summed E-state index contributed by atoms with van der Waals surface area (Å²) in [6, 6.07) is 6.71. The van der Waals surface area contributed by atoms with E-state index < -0.39 is 23.8 Å². The summed E-state index contributed by atoms with van der Waals surface area (Å²) >= 11 is 0. The van der Waals surface area contributed by atoms with Crippen LogP contribution < -0.4 is 5.32 Å². The van der Waals surface area contributed by atoms with Crippen molar-refractivity contribution >= 4 is 23.6 Å². The van der Waals surface area contributed by atoms with Gasteiger partial charge in [-0.1, -0.05) is 12.1 Å². The van der Waals surface area contributed by atoms with Crippen LogP contribution in [0.3, 0.4) is 0 Å². The number of esters is 2. The summed E-state index contributed by atoms with van der Waals surface area (Å²) in [5.74, 6) is -3.23. The summed E-state index contributed by atoms with van der Waals surface area (Å²) in [6.07, 6.45) is -0.0610. The Bertz CT molecular complexity index is 522. The molecule has 0 saturated carbocycles. The Morgan fingerprint density at radius 2 is 1.57 bits per heavy atom. The molecule has 0 aliphatic heterocycles. The summed E-state index contributed by atoms with van der Waals surface area (Å²) in [5.41, 5.74) is 1.33. The first-order chi connectivity index (χ1) is 11.0. The van der Waals surface area contributed by atoms with Gasteiger partial charge in [-0.05, 0) is 31.5 Å². The van der Waals surface area contributed by atoms with Gasteiger partial charge < -0.3 is 19.9 Å². The summed E-state index contributed by atoms with van der Waals surface area (Å²) in [4.78, 5) is 34.3. The van der Waals surface area contributed by atoms with E-state index in [1.807, 2.05) is 0 Å². The minimum atomic E-state index is -1.05. The summed E-state index contributed by atoms with van der Waals surface area (Å²) in [7, 11) is 0. The van der Waals surface area contributed by atoms with Crippen molar-refractivity contribution in [3.05, 3.63) is 29.8 Å². The van der Waals surface area contributed by atoms with Gasteiger partial charge in [0.1, 0.15) is 0 Å². The van der Waals surface area contributed by atoms with Crippen LogP contribution in [0.5, 0.6) is 0 Å². The number of carbonyl (C=O) groups is 3. The van der Waals surface area contributed by atoms with Crippen molar-refractivity contribution in [2.24, 2.45) is 5.92 Å². The van der Waals surface area contributed by atoms with Crippen LogP contribution in [-0.2, 0) is 30.3 Å². The molecule has 0 aliphatic rings. The van der Waals surface area contributed by atoms with Gasteiger partial charge in [-0.15, -0.1) is 0 Å². The molecule has 23 heavy (non-hydrogen) atoms. The average molecular weight is 323 g/mol. The first-order valence-corrected chi connectivity index (χ1v) is 7.35. The maximum absolute atomic E-state index is 11.8. The molecule has 0 saturated heterocycles. The number of benzene rings is 1. The van der Waals surface area contributed by atoms with Crippen molar-refractivity contribution in [1.29, 1.82) is 0 Å². The lowest BCUT2D eigenvalue weighted by Crippen LogP contribution is -2.33. The van der Waals surface area contributed by atoms with E-state index in [4.69, 9.17) is 14.6 Å². The number of carboxylic acids is 1. The second kappa shape index (κ2) is 9.45. The predicted molar refractivity (Wildman–Crippen MR) is 83.0 cm³/mol. The average Bonchev–Trinajstić information content (AvgIpc) is 2.49. The van der Waals surface area contributed by atoms with Gasteiger partial charge in [0.05, 0.1) is 19.6 Å². The second-order valence-electron chi connectivity index (χ2n) is 4.71. The normalized spacial score (nSPS) is 10.2. The van der Waals surface area contributed by atoms with Crippen molar-refractivity contribution in [3.63, 3.8) is 0 Å². The molecule has 1 aromatic rings. The van der Waals surface area contributed by atoms with Gasteiger partial charge in [-0.25, -0.2) is 0 Å². The molecule has 0 aromatic heterocycles. The lowest BCUT2D eigenvalue weighted by molar-refractivity contribution is -0.160. The molecule has 2 N–H and O–H groups in total. The lowest BCUT2D eigenvalue weighted by atomic mass is 10.1. The zero-order valence-electron chi connectivity index (χ0n) is 13.2. The van der Waals surface area contributed by atoms with E-state index in [-0.39, 0.29) is 26.2 Å². The third-order valence-corrected chi connectivity index (χ3v) is 2.96. The first-order valence-electron chi connectivity index (χ1n) is 7.35. The SMILES string of the molecule is CCOC(=O)C(CNc1ccc(CC(=O)O)cc1)C(=O)OCC. The molecule has 126 valence electrons. The van der Waals surface area contributed by atoms with Gasteiger partial charge >= 0.3 is 17.9 Å². The molecule has 0 aliphatic carbocycles. The highest BCUT2D eigenvalue weighted by molar-refractivity contribution is 5.95. The van der Waals surface area contributed by atoms with Crippen molar-refractivity contribution in [3.8, 4) is 0 Å². The van der Waals surface area contributed by atoms with E-state index in [1.165, 1.54) is 0 Å². The van der Waals surface area contributed by atoms with Crippen molar-refractivity contribution in [2.45, 2.75) is 20.3 Å². The van der Waals surface area contributed by atoms with E-state index in [2.05, 4.69) is 5.32 Å². The van der Waals surface area contributed by atoms with Gasteiger partial charge in [-0.3, -0.25) is 14.4 Å². The number of rotatable bonds is 9. The Labute approximate surface area is 134 Å². The maximum Gasteiger partial charge on any atom is 0.322 e. The molecule has 0 amide bonds. The van der Waals surface area contributed by atoms with Crippen molar-refractivity contribution in [1.82, 2.24) is 0 Å². The fraction of sp³-hybridized carbons (Fsp3) is 0.438. The molecule has 7 heteroatoms. The molecule has 0 radical (unpaired) electrons. The molecule has 7 nitrogen and oxygen atoms in total.